The number of para-hydroxylation sites is 1. The molecule has 1 amide bonds. The summed E-state index contributed by atoms with van der Waals surface area (Å²) in [5.41, 5.74) is 1.83. The predicted molar refractivity (Wildman–Crippen MR) is 99.8 cm³/mol. The Balaban J connectivity index is 1.87. The number of ether oxygens (including phenoxy) is 1. The third-order valence-electron chi connectivity index (χ3n) is 3.74. The van der Waals surface area contributed by atoms with Gasteiger partial charge in [-0.25, -0.2) is 0 Å². The molecule has 2 aromatic rings. The number of rotatable bonds is 9. The van der Waals surface area contributed by atoms with E-state index < -0.39 is 0 Å². The number of carbonyl (C=O) groups is 1. The first-order valence-corrected chi connectivity index (χ1v) is 8.55. The molecule has 0 atom stereocenters. The molecule has 1 N–H and O–H groups in total. The van der Waals surface area contributed by atoms with Gasteiger partial charge in [-0.15, -0.1) is 0 Å². The maximum absolute atomic E-state index is 12.3. The van der Waals surface area contributed by atoms with Gasteiger partial charge in [0.1, 0.15) is 5.75 Å². The van der Waals surface area contributed by atoms with Gasteiger partial charge in [0.25, 0.3) is 0 Å². The lowest BCUT2D eigenvalue weighted by atomic mass is 10.2. The number of nitrogens with one attached hydrogen (secondary N) is 1. The SMILES string of the molecule is CCCCOc1ccc(NC(=O)CN(CC)c2ccccc2)cc1. The van der Waals surface area contributed by atoms with E-state index in [1.807, 2.05) is 66.4 Å². The zero-order valence-corrected chi connectivity index (χ0v) is 14.5. The minimum Gasteiger partial charge on any atom is -0.494 e. The smallest absolute Gasteiger partial charge is 0.243 e. The number of carbonyl (C=O) groups excluding carboxylic acids is 1. The van der Waals surface area contributed by atoms with Crippen LogP contribution < -0.4 is 15.0 Å². The second-order valence-corrected chi connectivity index (χ2v) is 5.62. The highest BCUT2D eigenvalue weighted by Crippen LogP contribution is 2.17. The number of amides is 1. The molecule has 0 radical (unpaired) electrons. The summed E-state index contributed by atoms with van der Waals surface area (Å²) >= 11 is 0. The van der Waals surface area contributed by atoms with Crippen LogP contribution in [0.1, 0.15) is 26.7 Å². The number of hydrogen-bond donors (Lipinski definition) is 1. The lowest BCUT2D eigenvalue weighted by molar-refractivity contribution is -0.115. The highest BCUT2D eigenvalue weighted by Gasteiger charge is 2.10. The number of likely N-dealkylation sites (N-methyl/N-ethyl adjacent to an activating group) is 1. The molecule has 0 heterocycles. The molecule has 0 unspecified atom stereocenters. The van der Waals surface area contributed by atoms with Crippen LogP contribution >= 0.6 is 0 Å². The first-order valence-electron chi connectivity index (χ1n) is 8.55. The van der Waals surface area contributed by atoms with Crippen molar-refractivity contribution in [2.75, 3.05) is 29.9 Å². The fraction of sp³-hybridized carbons (Fsp3) is 0.350. The van der Waals surface area contributed by atoms with E-state index in [1.54, 1.807) is 0 Å². The van der Waals surface area contributed by atoms with Crippen molar-refractivity contribution in [1.82, 2.24) is 0 Å². The van der Waals surface area contributed by atoms with Crippen LogP contribution in [0.2, 0.25) is 0 Å². The molecular weight excluding hydrogens is 300 g/mol. The maximum atomic E-state index is 12.3. The summed E-state index contributed by atoms with van der Waals surface area (Å²) in [6.45, 7) is 6.02. The van der Waals surface area contributed by atoms with Crippen LogP contribution in [0.4, 0.5) is 11.4 Å². The third-order valence-corrected chi connectivity index (χ3v) is 3.74. The van der Waals surface area contributed by atoms with Crippen molar-refractivity contribution in [3.05, 3.63) is 54.6 Å². The van der Waals surface area contributed by atoms with Gasteiger partial charge < -0.3 is 15.0 Å². The van der Waals surface area contributed by atoms with Crippen LogP contribution in [0, 0.1) is 0 Å². The van der Waals surface area contributed by atoms with Crippen LogP contribution in [0.15, 0.2) is 54.6 Å². The molecule has 0 aliphatic heterocycles. The van der Waals surface area contributed by atoms with E-state index in [2.05, 4.69) is 12.2 Å². The molecule has 24 heavy (non-hydrogen) atoms. The quantitative estimate of drug-likeness (QED) is 0.697. The summed E-state index contributed by atoms with van der Waals surface area (Å²) in [4.78, 5) is 14.3. The Hall–Kier alpha value is -2.49. The molecule has 0 aliphatic rings. The Kier molecular flexibility index (Phi) is 7.15. The molecule has 0 saturated carbocycles. The summed E-state index contributed by atoms with van der Waals surface area (Å²) in [5, 5.41) is 2.93. The molecule has 0 fully saturated rings. The molecule has 0 aromatic heterocycles. The monoisotopic (exact) mass is 326 g/mol. The van der Waals surface area contributed by atoms with Crippen LogP contribution in [-0.4, -0.2) is 25.6 Å². The molecule has 0 saturated heterocycles. The van der Waals surface area contributed by atoms with Gasteiger partial charge in [0.2, 0.25) is 5.91 Å². The second kappa shape index (κ2) is 9.60. The van der Waals surface area contributed by atoms with E-state index >= 15 is 0 Å². The van der Waals surface area contributed by atoms with E-state index in [0.717, 1.165) is 43.1 Å². The van der Waals surface area contributed by atoms with Gasteiger partial charge in [0, 0.05) is 17.9 Å². The van der Waals surface area contributed by atoms with Gasteiger partial charge >= 0.3 is 0 Å². The third kappa shape index (κ3) is 5.61. The first kappa shape index (κ1) is 17.9. The van der Waals surface area contributed by atoms with Gasteiger partial charge in [-0.1, -0.05) is 31.5 Å². The molecule has 4 heteroatoms. The Morgan fingerprint density at radius 3 is 2.38 bits per heavy atom. The van der Waals surface area contributed by atoms with Gasteiger partial charge in [-0.05, 0) is 49.7 Å². The lowest BCUT2D eigenvalue weighted by Crippen LogP contribution is -2.33. The van der Waals surface area contributed by atoms with E-state index in [-0.39, 0.29) is 5.91 Å². The van der Waals surface area contributed by atoms with Crippen LogP contribution in [0.3, 0.4) is 0 Å². The zero-order chi connectivity index (χ0) is 17.2. The Morgan fingerprint density at radius 1 is 1.04 bits per heavy atom. The van der Waals surface area contributed by atoms with Crippen molar-refractivity contribution in [2.24, 2.45) is 0 Å². The molecule has 2 aromatic carbocycles. The van der Waals surface area contributed by atoms with E-state index in [1.165, 1.54) is 0 Å². The molecule has 128 valence electrons. The van der Waals surface area contributed by atoms with Crippen molar-refractivity contribution in [1.29, 1.82) is 0 Å². The number of nitrogens with zero attached hydrogens (tertiary/aromatic N) is 1. The highest BCUT2D eigenvalue weighted by atomic mass is 16.5. The standard InChI is InChI=1S/C20H26N2O2/c1-3-5-15-24-19-13-11-17(12-14-19)21-20(23)16-22(4-2)18-9-7-6-8-10-18/h6-14H,3-5,15-16H2,1-2H3,(H,21,23). The van der Waals surface area contributed by atoms with Crippen molar-refractivity contribution in [3.8, 4) is 5.75 Å². The summed E-state index contributed by atoms with van der Waals surface area (Å²) in [6, 6.07) is 17.5. The minimum atomic E-state index is -0.0274. The molecule has 4 nitrogen and oxygen atoms in total. The topological polar surface area (TPSA) is 41.6 Å². The number of anilines is 2. The van der Waals surface area contributed by atoms with E-state index in [0.29, 0.717) is 6.54 Å². The van der Waals surface area contributed by atoms with Crippen LogP contribution in [0.5, 0.6) is 5.75 Å². The minimum absolute atomic E-state index is 0.0274. The lowest BCUT2D eigenvalue weighted by Gasteiger charge is -2.22. The summed E-state index contributed by atoms with van der Waals surface area (Å²) < 4.78 is 5.63. The zero-order valence-electron chi connectivity index (χ0n) is 14.5. The van der Waals surface area contributed by atoms with Crippen molar-refractivity contribution < 1.29 is 9.53 Å². The number of benzene rings is 2. The van der Waals surface area contributed by atoms with Gasteiger partial charge in [-0.3, -0.25) is 4.79 Å². The first-order chi connectivity index (χ1) is 11.7. The summed E-state index contributed by atoms with van der Waals surface area (Å²) in [6.07, 6.45) is 2.16. The van der Waals surface area contributed by atoms with Crippen molar-refractivity contribution in [3.63, 3.8) is 0 Å². The molecule has 2 rings (SSSR count). The molecule has 0 bridgehead atoms. The van der Waals surface area contributed by atoms with Crippen LogP contribution in [-0.2, 0) is 4.79 Å². The summed E-state index contributed by atoms with van der Waals surface area (Å²) in [7, 11) is 0. The maximum Gasteiger partial charge on any atom is 0.243 e. The van der Waals surface area contributed by atoms with Crippen molar-refractivity contribution in [2.45, 2.75) is 26.7 Å². The van der Waals surface area contributed by atoms with E-state index in [4.69, 9.17) is 4.74 Å². The Labute approximate surface area is 144 Å². The average Bonchev–Trinajstić information content (AvgIpc) is 2.62. The molecular formula is C20H26N2O2. The molecule has 0 aliphatic carbocycles. The Morgan fingerprint density at radius 2 is 1.75 bits per heavy atom. The van der Waals surface area contributed by atoms with Crippen LogP contribution in [0.25, 0.3) is 0 Å². The van der Waals surface area contributed by atoms with Gasteiger partial charge in [0.15, 0.2) is 0 Å². The predicted octanol–water partition coefficient (Wildman–Crippen LogP) is 4.33. The second-order valence-electron chi connectivity index (χ2n) is 5.62. The largest absolute Gasteiger partial charge is 0.494 e. The average molecular weight is 326 g/mol. The van der Waals surface area contributed by atoms with E-state index in [9.17, 15) is 4.79 Å². The summed E-state index contributed by atoms with van der Waals surface area (Å²) in [5.74, 6) is 0.807. The number of hydrogen-bond acceptors (Lipinski definition) is 3. The van der Waals surface area contributed by atoms with Gasteiger partial charge in [0.05, 0.1) is 13.2 Å². The van der Waals surface area contributed by atoms with Gasteiger partial charge in [-0.2, -0.15) is 0 Å². The highest BCUT2D eigenvalue weighted by molar-refractivity contribution is 5.94. The number of unbranched alkanes of at least 4 members (excludes halogenated alkanes) is 1. The Bertz CT molecular complexity index is 611. The molecule has 0 spiro atoms. The fourth-order valence-corrected chi connectivity index (χ4v) is 2.37. The normalized spacial score (nSPS) is 10.2. The van der Waals surface area contributed by atoms with Crippen molar-refractivity contribution >= 4 is 17.3 Å². The fourth-order valence-electron chi connectivity index (χ4n) is 2.37.